The maximum absolute atomic E-state index is 13.6. The largest absolute Gasteiger partial charge is 0.296 e. The molecule has 0 amide bonds. The summed E-state index contributed by atoms with van der Waals surface area (Å²) in [6.07, 6.45) is -0.888. The van der Waals surface area contributed by atoms with Crippen LogP contribution in [0, 0.1) is 10.1 Å². The molecule has 1 unspecified atom stereocenters. The highest BCUT2D eigenvalue weighted by atomic mass is 19.1. The van der Waals surface area contributed by atoms with Gasteiger partial charge in [0.05, 0.1) is 4.92 Å². The van der Waals surface area contributed by atoms with E-state index in [0.29, 0.717) is 6.42 Å². The standard InChI is InChI=1S/C13H14FNO4/c1-2-3-4-11(16)12(14)13(17)9-5-7-10(8-6-9)15(18)19/h5-8,12H,2-4H2,1H3. The van der Waals surface area contributed by atoms with E-state index in [1.807, 2.05) is 6.92 Å². The van der Waals surface area contributed by atoms with Crippen LogP contribution < -0.4 is 0 Å². The van der Waals surface area contributed by atoms with E-state index in [0.717, 1.165) is 30.7 Å². The molecular weight excluding hydrogens is 253 g/mol. The van der Waals surface area contributed by atoms with Crippen molar-refractivity contribution in [2.75, 3.05) is 0 Å². The Hall–Kier alpha value is -2.11. The zero-order valence-electron chi connectivity index (χ0n) is 10.5. The minimum atomic E-state index is -2.19. The van der Waals surface area contributed by atoms with Gasteiger partial charge in [0.15, 0.2) is 5.78 Å². The van der Waals surface area contributed by atoms with Crippen molar-refractivity contribution in [3.05, 3.63) is 39.9 Å². The number of nitro benzene ring substituents is 1. The van der Waals surface area contributed by atoms with Crippen molar-refractivity contribution in [3.8, 4) is 0 Å². The highest BCUT2D eigenvalue weighted by molar-refractivity contribution is 6.13. The number of hydrogen-bond donors (Lipinski definition) is 0. The molecule has 1 aromatic rings. The smallest absolute Gasteiger partial charge is 0.269 e. The van der Waals surface area contributed by atoms with Crippen LogP contribution in [0.1, 0.15) is 36.5 Å². The summed E-state index contributed by atoms with van der Waals surface area (Å²) >= 11 is 0. The lowest BCUT2D eigenvalue weighted by Crippen LogP contribution is -2.25. The minimum absolute atomic E-state index is 0.0242. The van der Waals surface area contributed by atoms with Crippen molar-refractivity contribution in [1.29, 1.82) is 0 Å². The van der Waals surface area contributed by atoms with Crippen LogP contribution in [0.3, 0.4) is 0 Å². The summed E-state index contributed by atoms with van der Waals surface area (Å²) in [6, 6.07) is 4.52. The first-order valence-corrected chi connectivity index (χ1v) is 5.92. The molecular formula is C13H14FNO4. The quantitative estimate of drug-likeness (QED) is 0.329. The van der Waals surface area contributed by atoms with Crippen LogP contribution in [0.2, 0.25) is 0 Å². The molecule has 0 saturated heterocycles. The third-order valence-electron chi connectivity index (χ3n) is 2.65. The number of unbranched alkanes of at least 4 members (excludes halogenated alkanes) is 1. The van der Waals surface area contributed by atoms with Crippen LogP contribution in [0.25, 0.3) is 0 Å². The number of benzene rings is 1. The van der Waals surface area contributed by atoms with Crippen LogP contribution in [0.15, 0.2) is 24.3 Å². The molecule has 1 aromatic carbocycles. The van der Waals surface area contributed by atoms with E-state index in [1.165, 1.54) is 0 Å². The van der Waals surface area contributed by atoms with Crippen molar-refractivity contribution < 1.29 is 18.9 Å². The minimum Gasteiger partial charge on any atom is -0.296 e. The summed E-state index contributed by atoms with van der Waals surface area (Å²) in [6.45, 7) is 1.86. The number of ketones is 2. The molecule has 0 heterocycles. The third kappa shape index (κ3) is 3.94. The van der Waals surface area contributed by atoms with Gasteiger partial charge in [0, 0.05) is 24.1 Å². The first-order chi connectivity index (χ1) is 8.97. The van der Waals surface area contributed by atoms with Crippen molar-refractivity contribution >= 4 is 17.3 Å². The Bertz CT molecular complexity index is 484. The Balaban J connectivity index is 2.76. The summed E-state index contributed by atoms with van der Waals surface area (Å²) in [5.74, 6) is -1.69. The number of carbonyl (C=O) groups is 2. The van der Waals surface area contributed by atoms with Gasteiger partial charge in [-0.15, -0.1) is 0 Å². The molecule has 19 heavy (non-hydrogen) atoms. The number of nitro groups is 1. The van der Waals surface area contributed by atoms with Gasteiger partial charge < -0.3 is 0 Å². The lowest BCUT2D eigenvalue weighted by Gasteiger charge is -2.06. The number of nitrogens with zero attached hydrogens (tertiary/aromatic N) is 1. The topological polar surface area (TPSA) is 77.3 Å². The van der Waals surface area contributed by atoms with Gasteiger partial charge in [-0.2, -0.15) is 0 Å². The molecule has 0 aliphatic heterocycles. The Morgan fingerprint density at radius 1 is 1.32 bits per heavy atom. The SMILES string of the molecule is CCCCC(=O)C(F)C(=O)c1ccc([N+](=O)[O-])cc1. The van der Waals surface area contributed by atoms with Gasteiger partial charge in [0.2, 0.25) is 12.0 Å². The maximum atomic E-state index is 13.6. The fraction of sp³-hybridized carbons (Fsp3) is 0.385. The Kier molecular flexibility index (Phi) is 5.29. The molecule has 5 nitrogen and oxygen atoms in total. The predicted octanol–water partition coefficient (Wildman–Crippen LogP) is 2.87. The summed E-state index contributed by atoms with van der Waals surface area (Å²) < 4.78 is 13.6. The van der Waals surface area contributed by atoms with E-state index < -0.39 is 22.7 Å². The second-order valence-electron chi connectivity index (χ2n) is 4.10. The molecule has 0 radical (unpaired) electrons. The van der Waals surface area contributed by atoms with Crippen molar-refractivity contribution in [3.63, 3.8) is 0 Å². The van der Waals surface area contributed by atoms with Crippen LogP contribution in [-0.4, -0.2) is 22.7 Å². The third-order valence-corrected chi connectivity index (χ3v) is 2.65. The molecule has 1 rings (SSSR count). The Morgan fingerprint density at radius 2 is 1.89 bits per heavy atom. The lowest BCUT2D eigenvalue weighted by atomic mass is 10.0. The summed E-state index contributed by atoms with van der Waals surface area (Å²) in [5, 5.41) is 10.4. The van der Waals surface area contributed by atoms with Gasteiger partial charge in [-0.25, -0.2) is 4.39 Å². The molecule has 6 heteroatoms. The second kappa shape index (κ2) is 6.72. The van der Waals surface area contributed by atoms with E-state index >= 15 is 0 Å². The molecule has 0 aliphatic carbocycles. The average Bonchev–Trinajstić information content (AvgIpc) is 2.43. The molecule has 102 valence electrons. The summed E-state index contributed by atoms with van der Waals surface area (Å²) in [4.78, 5) is 32.9. The first kappa shape index (κ1) is 14.9. The van der Waals surface area contributed by atoms with Crippen LogP contribution >= 0.6 is 0 Å². The van der Waals surface area contributed by atoms with E-state index in [4.69, 9.17) is 0 Å². The lowest BCUT2D eigenvalue weighted by molar-refractivity contribution is -0.384. The van der Waals surface area contributed by atoms with Gasteiger partial charge in [-0.1, -0.05) is 13.3 Å². The van der Waals surface area contributed by atoms with Gasteiger partial charge in [0.1, 0.15) is 0 Å². The van der Waals surface area contributed by atoms with Crippen LogP contribution in [-0.2, 0) is 4.79 Å². The Morgan fingerprint density at radius 3 is 2.37 bits per heavy atom. The van der Waals surface area contributed by atoms with Gasteiger partial charge in [-0.05, 0) is 18.6 Å². The van der Waals surface area contributed by atoms with Gasteiger partial charge >= 0.3 is 0 Å². The molecule has 0 N–H and O–H groups in total. The van der Waals surface area contributed by atoms with E-state index in [1.54, 1.807) is 0 Å². The number of carbonyl (C=O) groups excluding carboxylic acids is 2. The zero-order valence-corrected chi connectivity index (χ0v) is 10.5. The van der Waals surface area contributed by atoms with Crippen molar-refractivity contribution in [1.82, 2.24) is 0 Å². The van der Waals surface area contributed by atoms with Crippen molar-refractivity contribution in [2.24, 2.45) is 0 Å². The fourth-order valence-electron chi connectivity index (χ4n) is 1.52. The second-order valence-corrected chi connectivity index (χ2v) is 4.10. The fourth-order valence-corrected chi connectivity index (χ4v) is 1.52. The number of rotatable bonds is 7. The van der Waals surface area contributed by atoms with Crippen LogP contribution in [0.5, 0.6) is 0 Å². The van der Waals surface area contributed by atoms with E-state index in [-0.39, 0.29) is 17.7 Å². The molecule has 0 aliphatic rings. The molecule has 0 aromatic heterocycles. The molecule has 0 spiro atoms. The number of halogens is 1. The summed E-state index contributed by atoms with van der Waals surface area (Å²) in [5.41, 5.74) is -0.229. The first-order valence-electron chi connectivity index (χ1n) is 5.92. The highest BCUT2D eigenvalue weighted by Crippen LogP contribution is 2.15. The molecule has 0 saturated carbocycles. The molecule has 0 fully saturated rings. The number of Topliss-reactive ketones (excluding diaryl/α,β-unsaturated/α-hetero) is 2. The Labute approximate surface area is 109 Å². The predicted molar refractivity (Wildman–Crippen MR) is 66.9 cm³/mol. The molecule has 1 atom stereocenters. The van der Waals surface area contributed by atoms with E-state index in [9.17, 15) is 24.1 Å². The molecule has 0 bridgehead atoms. The zero-order chi connectivity index (χ0) is 14.4. The van der Waals surface area contributed by atoms with Gasteiger partial charge in [-0.3, -0.25) is 19.7 Å². The van der Waals surface area contributed by atoms with Gasteiger partial charge in [0.25, 0.3) is 5.69 Å². The monoisotopic (exact) mass is 267 g/mol. The highest BCUT2D eigenvalue weighted by Gasteiger charge is 2.26. The summed E-state index contributed by atoms with van der Waals surface area (Å²) in [7, 11) is 0. The van der Waals surface area contributed by atoms with Crippen molar-refractivity contribution in [2.45, 2.75) is 32.4 Å². The average molecular weight is 267 g/mol. The van der Waals surface area contributed by atoms with E-state index in [2.05, 4.69) is 0 Å². The number of hydrogen-bond acceptors (Lipinski definition) is 4. The van der Waals surface area contributed by atoms with Crippen LogP contribution in [0.4, 0.5) is 10.1 Å². The normalized spacial score (nSPS) is 11.9. The number of alkyl halides is 1. The number of non-ortho nitro benzene ring substituents is 1. The maximum Gasteiger partial charge on any atom is 0.269 e.